The number of carbonyl (C=O) groups excluding carboxylic acids is 1. The Morgan fingerprint density at radius 1 is 1.40 bits per heavy atom. The van der Waals surface area contributed by atoms with Crippen molar-refractivity contribution in [3.8, 4) is 0 Å². The zero-order valence-electron chi connectivity index (χ0n) is 11.6. The average molecular weight is 280 g/mol. The maximum atomic E-state index is 13.9. The van der Waals surface area contributed by atoms with E-state index >= 15 is 0 Å². The normalized spacial score (nSPS) is 24.2. The number of hydrogen-bond donors (Lipinski definition) is 3. The molecule has 110 valence electrons. The lowest BCUT2D eigenvalue weighted by atomic mass is 9.93. The lowest BCUT2D eigenvalue weighted by Gasteiger charge is -2.26. The molecule has 5 heteroatoms. The molecule has 1 aliphatic carbocycles. The summed E-state index contributed by atoms with van der Waals surface area (Å²) in [5.41, 5.74) is 6.39. The Bertz CT molecular complexity index is 483. The van der Waals surface area contributed by atoms with E-state index in [4.69, 9.17) is 5.73 Å². The summed E-state index contributed by atoms with van der Waals surface area (Å²) in [5, 5.41) is 12.2. The number of rotatable bonds is 3. The molecule has 0 unspecified atom stereocenters. The van der Waals surface area contributed by atoms with Crippen molar-refractivity contribution < 1.29 is 14.3 Å². The molecule has 20 heavy (non-hydrogen) atoms. The molecule has 1 fully saturated rings. The summed E-state index contributed by atoms with van der Waals surface area (Å²) in [5.74, 6) is -0.951. The smallest absolute Gasteiger partial charge is 0.254 e. The van der Waals surface area contributed by atoms with Crippen molar-refractivity contribution in [3.63, 3.8) is 0 Å². The lowest BCUT2D eigenvalue weighted by Crippen LogP contribution is -2.38. The van der Waals surface area contributed by atoms with Crippen LogP contribution in [-0.4, -0.2) is 23.2 Å². The Balaban J connectivity index is 2.02. The summed E-state index contributed by atoms with van der Waals surface area (Å²) in [6.07, 6.45) is 2.54. The lowest BCUT2D eigenvalue weighted by molar-refractivity contribution is 0.0864. The molecule has 0 saturated heterocycles. The zero-order chi connectivity index (χ0) is 14.7. The van der Waals surface area contributed by atoms with Crippen LogP contribution in [0.5, 0.6) is 0 Å². The van der Waals surface area contributed by atoms with Crippen LogP contribution in [0.15, 0.2) is 18.2 Å². The molecule has 0 heterocycles. The van der Waals surface area contributed by atoms with Gasteiger partial charge in [0.2, 0.25) is 0 Å². The van der Waals surface area contributed by atoms with Crippen LogP contribution in [0.2, 0.25) is 0 Å². The molecule has 1 aromatic rings. The van der Waals surface area contributed by atoms with Crippen molar-refractivity contribution in [3.05, 3.63) is 35.1 Å². The zero-order valence-corrected chi connectivity index (χ0v) is 11.6. The van der Waals surface area contributed by atoms with E-state index in [9.17, 15) is 14.3 Å². The summed E-state index contributed by atoms with van der Waals surface area (Å²) < 4.78 is 13.9. The molecule has 2 rings (SSSR count). The van der Waals surface area contributed by atoms with Crippen LogP contribution in [-0.2, 0) is 0 Å². The van der Waals surface area contributed by atoms with Crippen LogP contribution >= 0.6 is 0 Å². The average Bonchev–Trinajstić information content (AvgIpc) is 2.41. The molecule has 0 bridgehead atoms. The fourth-order valence-electron chi connectivity index (χ4n) is 2.48. The number of aliphatic hydroxyl groups is 1. The number of carbonyl (C=O) groups is 1. The van der Waals surface area contributed by atoms with E-state index in [1.54, 1.807) is 13.0 Å². The summed E-state index contributed by atoms with van der Waals surface area (Å²) in [4.78, 5) is 12.1. The van der Waals surface area contributed by atoms with Gasteiger partial charge in [-0.2, -0.15) is 0 Å². The van der Waals surface area contributed by atoms with Crippen LogP contribution in [0.1, 0.15) is 54.6 Å². The second-order valence-electron chi connectivity index (χ2n) is 5.51. The molecule has 0 aromatic heterocycles. The number of hydrogen-bond acceptors (Lipinski definition) is 3. The largest absolute Gasteiger partial charge is 0.393 e. The second kappa shape index (κ2) is 6.33. The Labute approximate surface area is 118 Å². The van der Waals surface area contributed by atoms with Crippen LogP contribution in [0.3, 0.4) is 0 Å². The first-order valence-electron chi connectivity index (χ1n) is 7.01. The van der Waals surface area contributed by atoms with Gasteiger partial charge in [-0.1, -0.05) is 6.07 Å². The van der Waals surface area contributed by atoms with Gasteiger partial charge in [0.15, 0.2) is 0 Å². The molecule has 1 amide bonds. The van der Waals surface area contributed by atoms with E-state index in [0.717, 1.165) is 12.8 Å². The van der Waals surface area contributed by atoms with Crippen LogP contribution in [0, 0.1) is 5.82 Å². The number of nitrogens with two attached hydrogens (primary N) is 1. The van der Waals surface area contributed by atoms with Gasteiger partial charge in [0.25, 0.3) is 5.91 Å². The van der Waals surface area contributed by atoms with Crippen molar-refractivity contribution in [2.75, 3.05) is 0 Å². The highest BCUT2D eigenvalue weighted by Gasteiger charge is 2.22. The third-order valence-electron chi connectivity index (χ3n) is 3.80. The van der Waals surface area contributed by atoms with Crippen molar-refractivity contribution in [2.24, 2.45) is 5.73 Å². The van der Waals surface area contributed by atoms with E-state index in [0.29, 0.717) is 18.4 Å². The van der Waals surface area contributed by atoms with Gasteiger partial charge in [0, 0.05) is 12.1 Å². The van der Waals surface area contributed by atoms with Gasteiger partial charge in [-0.3, -0.25) is 4.79 Å². The number of aliphatic hydroxyl groups excluding tert-OH is 1. The molecule has 1 aliphatic rings. The number of nitrogens with one attached hydrogen (secondary N) is 1. The van der Waals surface area contributed by atoms with Crippen LogP contribution in [0.25, 0.3) is 0 Å². The molecular weight excluding hydrogens is 259 g/mol. The van der Waals surface area contributed by atoms with Gasteiger partial charge in [-0.15, -0.1) is 0 Å². The third-order valence-corrected chi connectivity index (χ3v) is 3.80. The summed E-state index contributed by atoms with van der Waals surface area (Å²) in [6, 6.07) is 4.21. The quantitative estimate of drug-likeness (QED) is 0.791. The fraction of sp³-hybridized carbons (Fsp3) is 0.533. The summed E-state index contributed by atoms with van der Waals surface area (Å²) in [6.45, 7) is 1.77. The molecule has 4 N–H and O–H groups in total. The third kappa shape index (κ3) is 3.55. The van der Waals surface area contributed by atoms with Gasteiger partial charge < -0.3 is 16.2 Å². The molecule has 0 radical (unpaired) electrons. The topological polar surface area (TPSA) is 75.4 Å². The van der Waals surface area contributed by atoms with Gasteiger partial charge >= 0.3 is 0 Å². The second-order valence-corrected chi connectivity index (χ2v) is 5.51. The SMILES string of the molecule is C[C@H](N)c1ccc(C(=O)NC2CCC(O)CC2)c(F)c1. The maximum Gasteiger partial charge on any atom is 0.254 e. The Hall–Kier alpha value is -1.46. The first kappa shape index (κ1) is 14.9. The number of halogens is 1. The molecule has 0 spiro atoms. The van der Waals surface area contributed by atoms with E-state index in [-0.39, 0.29) is 23.8 Å². The van der Waals surface area contributed by atoms with Gasteiger partial charge in [-0.05, 0) is 50.3 Å². The van der Waals surface area contributed by atoms with E-state index in [1.807, 2.05) is 0 Å². The van der Waals surface area contributed by atoms with E-state index in [2.05, 4.69) is 5.32 Å². The van der Waals surface area contributed by atoms with Crippen molar-refractivity contribution in [1.82, 2.24) is 5.32 Å². The highest BCUT2D eigenvalue weighted by atomic mass is 19.1. The van der Waals surface area contributed by atoms with Crippen molar-refractivity contribution in [2.45, 2.75) is 50.8 Å². The van der Waals surface area contributed by atoms with Gasteiger partial charge in [0.05, 0.1) is 11.7 Å². The Morgan fingerprint density at radius 2 is 2.05 bits per heavy atom. The van der Waals surface area contributed by atoms with Crippen molar-refractivity contribution >= 4 is 5.91 Å². The molecule has 1 aromatic carbocycles. The van der Waals surface area contributed by atoms with Crippen LogP contribution in [0.4, 0.5) is 4.39 Å². The minimum atomic E-state index is -0.548. The molecule has 1 saturated carbocycles. The first-order chi connectivity index (χ1) is 9.47. The maximum absolute atomic E-state index is 13.9. The van der Waals surface area contributed by atoms with Crippen molar-refractivity contribution in [1.29, 1.82) is 0 Å². The predicted octanol–water partition coefficient (Wildman–Crippen LogP) is 1.88. The molecule has 4 nitrogen and oxygen atoms in total. The monoisotopic (exact) mass is 280 g/mol. The minimum absolute atomic E-state index is 0.0124. The fourth-order valence-corrected chi connectivity index (χ4v) is 2.48. The van der Waals surface area contributed by atoms with Gasteiger partial charge in [-0.25, -0.2) is 4.39 Å². The first-order valence-corrected chi connectivity index (χ1v) is 7.01. The van der Waals surface area contributed by atoms with E-state index in [1.165, 1.54) is 12.1 Å². The number of benzene rings is 1. The highest BCUT2D eigenvalue weighted by molar-refractivity contribution is 5.94. The van der Waals surface area contributed by atoms with Crippen LogP contribution < -0.4 is 11.1 Å². The molecule has 1 atom stereocenters. The highest BCUT2D eigenvalue weighted by Crippen LogP contribution is 2.20. The summed E-state index contributed by atoms with van der Waals surface area (Å²) >= 11 is 0. The number of amides is 1. The Kier molecular flexibility index (Phi) is 4.73. The molecule has 0 aliphatic heterocycles. The van der Waals surface area contributed by atoms with E-state index < -0.39 is 11.7 Å². The predicted molar refractivity (Wildman–Crippen MR) is 74.7 cm³/mol. The molecular formula is C15H21FN2O2. The Morgan fingerprint density at radius 3 is 2.60 bits per heavy atom. The van der Waals surface area contributed by atoms with Gasteiger partial charge in [0.1, 0.15) is 5.82 Å². The minimum Gasteiger partial charge on any atom is -0.393 e. The summed E-state index contributed by atoms with van der Waals surface area (Å²) in [7, 11) is 0. The standard InChI is InChI=1S/C15H21FN2O2/c1-9(17)10-2-7-13(14(16)8-10)15(20)18-11-3-5-12(19)6-4-11/h2,7-9,11-12,19H,3-6,17H2,1H3,(H,18,20)/t9-,11?,12?/m0/s1.